The summed E-state index contributed by atoms with van der Waals surface area (Å²) in [6, 6.07) is 13.5. The van der Waals surface area contributed by atoms with Gasteiger partial charge in [0.25, 0.3) is 10.1 Å². The van der Waals surface area contributed by atoms with E-state index in [0.29, 0.717) is 11.3 Å². The highest BCUT2D eigenvalue weighted by Gasteiger charge is 2.30. The number of halogens is 3. The Balaban J connectivity index is 1.54. The highest BCUT2D eigenvalue weighted by molar-refractivity contribution is 7.86. The fourth-order valence-corrected chi connectivity index (χ4v) is 4.70. The Hall–Kier alpha value is -4.59. The zero-order valence-corrected chi connectivity index (χ0v) is 23.5. The van der Waals surface area contributed by atoms with Gasteiger partial charge in [-0.3, -0.25) is 8.98 Å². The van der Waals surface area contributed by atoms with E-state index in [1.165, 1.54) is 12.1 Å². The number of hydrogen-bond donors (Lipinski definition) is 2. The molecule has 15 heteroatoms. The molecule has 0 aromatic heterocycles. The summed E-state index contributed by atoms with van der Waals surface area (Å²) in [5.74, 6) is -1.94. The molecule has 0 fully saturated rings. The van der Waals surface area contributed by atoms with Gasteiger partial charge in [0.2, 0.25) is 5.91 Å². The van der Waals surface area contributed by atoms with Crippen LogP contribution in [0.5, 0.6) is 5.75 Å². The molecule has 0 aliphatic rings. The number of ether oxygens (including phenoxy) is 1. The number of aliphatic carboxylic acids is 1. The van der Waals surface area contributed by atoms with E-state index in [-0.39, 0.29) is 36.5 Å². The standard InChI is InChI=1S/C28H27F3N4O7S/c1-18-2-12-23(13-3-18)43(39,40)42-15-14-41-22-10-6-20(7-11-22)16-24(34-35-32)26(36)33-25(27(37)38)17-19-4-8-21(9-5-19)28(29,30)31/h2-13,24-25H,14-17H2,1H3,(H,33,36)(H,37,38)/t24-,25?/m0/s1. The van der Waals surface area contributed by atoms with E-state index in [0.717, 1.165) is 29.8 Å². The van der Waals surface area contributed by atoms with Crippen molar-refractivity contribution < 1.29 is 45.2 Å². The largest absolute Gasteiger partial charge is 0.491 e. The second-order valence-corrected chi connectivity index (χ2v) is 10.9. The number of nitrogens with zero attached hydrogens (tertiary/aromatic N) is 3. The van der Waals surface area contributed by atoms with Crippen LogP contribution in [-0.4, -0.2) is 50.7 Å². The lowest BCUT2D eigenvalue weighted by molar-refractivity contribution is -0.142. The number of carbonyl (C=O) groups excluding carboxylic acids is 1. The van der Waals surface area contributed by atoms with Gasteiger partial charge in [-0.15, -0.1) is 0 Å². The van der Waals surface area contributed by atoms with Crippen molar-refractivity contribution in [3.8, 4) is 5.75 Å². The molecule has 0 saturated heterocycles. The second kappa shape index (κ2) is 14.5. The summed E-state index contributed by atoms with van der Waals surface area (Å²) in [6.45, 7) is 1.50. The van der Waals surface area contributed by atoms with Gasteiger partial charge in [-0.05, 0) is 66.4 Å². The lowest BCUT2D eigenvalue weighted by Gasteiger charge is -2.18. The van der Waals surface area contributed by atoms with Gasteiger partial charge in [0.15, 0.2) is 0 Å². The smallest absolute Gasteiger partial charge is 0.416 e. The molecular formula is C28H27F3N4O7S. The second-order valence-electron chi connectivity index (χ2n) is 9.30. The highest BCUT2D eigenvalue weighted by Crippen LogP contribution is 2.29. The molecule has 3 rings (SSSR count). The number of benzene rings is 3. The Morgan fingerprint density at radius 3 is 2.09 bits per heavy atom. The zero-order valence-electron chi connectivity index (χ0n) is 22.7. The van der Waals surface area contributed by atoms with Gasteiger partial charge < -0.3 is 15.2 Å². The average Bonchev–Trinajstić information content (AvgIpc) is 2.95. The number of carboxylic acid groups (broad SMARTS) is 1. The van der Waals surface area contributed by atoms with Gasteiger partial charge >= 0.3 is 12.1 Å². The number of aryl methyl sites for hydroxylation is 1. The van der Waals surface area contributed by atoms with Crippen LogP contribution >= 0.6 is 0 Å². The van der Waals surface area contributed by atoms with Crippen LogP contribution in [0.4, 0.5) is 13.2 Å². The molecular weight excluding hydrogens is 593 g/mol. The monoisotopic (exact) mass is 620 g/mol. The third kappa shape index (κ3) is 10.0. The molecule has 0 aliphatic heterocycles. The van der Waals surface area contributed by atoms with Crippen LogP contribution in [0.25, 0.3) is 10.4 Å². The normalized spacial score (nSPS) is 12.9. The lowest BCUT2D eigenvalue weighted by Crippen LogP contribution is -2.46. The molecule has 2 N–H and O–H groups in total. The van der Waals surface area contributed by atoms with Crippen molar-refractivity contribution in [3.05, 3.63) is 105 Å². The van der Waals surface area contributed by atoms with Crippen molar-refractivity contribution in [2.24, 2.45) is 5.11 Å². The van der Waals surface area contributed by atoms with E-state index in [4.69, 9.17) is 14.5 Å². The molecule has 0 spiro atoms. The summed E-state index contributed by atoms with van der Waals surface area (Å²) in [4.78, 5) is 27.2. The number of hydrogen-bond acceptors (Lipinski definition) is 7. The van der Waals surface area contributed by atoms with Crippen molar-refractivity contribution >= 4 is 22.0 Å². The molecule has 0 aliphatic carbocycles. The first-order valence-corrected chi connectivity index (χ1v) is 14.1. The van der Waals surface area contributed by atoms with Gasteiger partial charge in [-0.25, -0.2) is 4.79 Å². The molecule has 0 saturated carbocycles. The van der Waals surface area contributed by atoms with Gasteiger partial charge in [0.1, 0.15) is 31.0 Å². The highest BCUT2D eigenvalue weighted by atomic mass is 32.2. The van der Waals surface area contributed by atoms with E-state index < -0.39 is 45.8 Å². The molecule has 11 nitrogen and oxygen atoms in total. The minimum atomic E-state index is -4.55. The van der Waals surface area contributed by atoms with E-state index in [9.17, 15) is 36.3 Å². The predicted molar refractivity (Wildman–Crippen MR) is 148 cm³/mol. The van der Waals surface area contributed by atoms with Crippen molar-refractivity contribution in [3.63, 3.8) is 0 Å². The van der Waals surface area contributed by atoms with Crippen LogP contribution in [0, 0.1) is 6.92 Å². The summed E-state index contributed by atoms with van der Waals surface area (Å²) in [5.41, 5.74) is 9.72. The van der Waals surface area contributed by atoms with Crippen LogP contribution in [0.2, 0.25) is 0 Å². The Labute approximate surface area is 245 Å². The topological polar surface area (TPSA) is 168 Å². The van der Waals surface area contributed by atoms with Crippen molar-refractivity contribution in [1.82, 2.24) is 5.32 Å². The number of amides is 1. The Morgan fingerprint density at radius 2 is 1.53 bits per heavy atom. The van der Waals surface area contributed by atoms with Crippen LogP contribution in [-0.2, 0) is 42.9 Å². The Kier molecular flexibility index (Phi) is 11.1. The van der Waals surface area contributed by atoms with Gasteiger partial charge in [0, 0.05) is 11.3 Å². The fourth-order valence-electron chi connectivity index (χ4n) is 3.80. The van der Waals surface area contributed by atoms with E-state index in [2.05, 4.69) is 15.3 Å². The number of carboxylic acids is 1. The van der Waals surface area contributed by atoms with E-state index >= 15 is 0 Å². The number of alkyl halides is 3. The summed E-state index contributed by atoms with van der Waals surface area (Å²) in [5, 5.41) is 15.3. The number of rotatable bonds is 14. The molecule has 228 valence electrons. The number of nitrogens with one attached hydrogen (secondary N) is 1. The summed E-state index contributed by atoms with van der Waals surface area (Å²) >= 11 is 0. The molecule has 2 atom stereocenters. The minimum Gasteiger partial charge on any atom is -0.491 e. The molecule has 1 amide bonds. The molecule has 0 radical (unpaired) electrons. The maximum Gasteiger partial charge on any atom is 0.416 e. The predicted octanol–water partition coefficient (Wildman–Crippen LogP) is 4.83. The van der Waals surface area contributed by atoms with Gasteiger partial charge in [0.05, 0.1) is 10.5 Å². The molecule has 0 bridgehead atoms. The van der Waals surface area contributed by atoms with Gasteiger partial charge in [-0.2, -0.15) is 21.6 Å². The third-order valence-corrected chi connectivity index (χ3v) is 7.41. The van der Waals surface area contributed by atoms with Crippen LogP contribution in [0.3, 0.4) is 0 Å². The first-order chi connectivity index (χ1) is 20.3. The summed E-state index contributed by atoms with van der Waals surface area (Å²) < 4.78 is 73.3. The molecule has 3 aromatic carbocycles. The Morgan fingerprint density at radius 1 is 0.953 bits per heavy atom. The first kappa shape index (κ1) is 32.9. The van der Waals surface area contributed by atoms with Gasteiger partial charge in [-0.1, -0.05) is 47.1 Å². The maximum absolute atomic E-state index is 12.8. The number of azide groups is 1. The average molecular weight is 621 g/mol. The molecule has 3 aromatic rings. The van der Waals surface area contributed by atoms with E-state index in [1.807, 2.05) is 6.92 Å². The summed E-state index contributed by atoms with van der Waals surface area (Å²) in [6.07, 6.45) is -4.95. The Bertz CT molecular complexity index is 1560. The fraction of sp³-hybridized carbons (Fsp3) is 0.286. The third-order valence-electron chi connectivity index (χ3n) is 6.08. The minimum absolute atomic E-state index is 0.0235. The maximum atomic E-state index is 12.8. The zero-order chi connectivity index (χ0) is 31.6. The van der Waals surface area contributed by atoms with Crippen LogP contribution in [0.15, 0.2) is 82.8 Å². The lowest BCUT2D eigenvalue weighted by atomic mass is 10.0. The first-order valence-electron chi connectivity index (χ1n) is 12.7. The quantitative estimate of drug-likeness (QED) is 0.0855. The van der Waals surface area contributed by atoms with Crippen molar-refractivity contribution in [2.75, 3.05) is 13.2 Å². The molecule has 43 heavy (non-hydrogen) atoms. The molecule has 0 heterocycles. The van der Waals surface area contributed by atoms with Crippen LogP contribution < -0.4 is 10.1 Å². The van der Waals surface area contributed by atoms with Crippen molar-refractivity contribution in [1.29, 1.82) is 0 Å². The molecule has 1 unspecified atom stereocenters. The van der Waals surface area contributed by atoms with Crippen LogP contribution in [0.1, 0.15) is 22.3 Å². The SMILES string of the molecule is Cc1ccc(S(=O)(=O)OCCOc2ccc(C[C@H](N=[N+]=[N-])C(=O)NC(Cc3ccc(C(F)(F)F)cc3)C(=O)O)cc2)cc1. The van der Waals surface area contributed by atoms with E-state index in [1.54, 1.807) is 36.4 Å². The summed E-state index contributed by atoms with van der Waals surface area (Å²) in [7, 11) is -3.94. The number of carbonyl (C=O) groups is 2. The van der Waals surface area contributed by atoms with Crippen molar-refractivity contribution in [2.45, 2.75) is 42.9 Å².